The number of halogens is 5. The van der Waals surface area contributed by atoms with Crippen molar-refractivity contribution in [3.63, 3.8) is 0 Å². The van der Waals surface area contributed by atoms with E-state index in [0.29, 0.717) is 17.9 Å². The Balaban J connectivity index is 1.74. The molecule has 0 aromatic carbocycles. The van der Waals surface area contributed by atoms with Gasteiger partial charge in [-0.15, -0.1) is 11.3 Å². The van der Waals surface area contributed by atoms with E-state index in [1.54, 1.807) is 0 Å². The van der Waals surface area contributed by atoms with Gasteiger partial charge in [0.2, 0.25) is 0 Å². The van der Waals surface area contributed by atoms with Gasteiger partial charge in [-0.05, 0) is 32.3 Å². The van der Waals surface area contributed by atoms with Crippen molar-refractivity contribution in [1.82, 2.24) is 20.2 Å². The molecule has 0 spiro atoms. The maximum absolute atomic E-state index is 14.2. The second-order valence-electron chi connectivity index (χ2n) is 9.48. The van der Waals surface area contributed by atoms with Crippen LogP contribution in [-0.2, 0) is 4.74 Å². The van der Waals surface area contributed by atoms with E-state index in [4.69, 9.17) is 4.74 Å². The number of aliphatic hydroxyl groups excluding tert-OH is 1. The monoisotopic (exact) mass is 577 g/mol. The van der Waals surface area contributed by atoms with E-state index in [9.17, 15) is 36.6 Å². The lowest BCUT2D eigenvalue weighted by atomic mass is 10.1. The van der Waals surface area contributed by atoms with Crippen LogP contribution in [0.4, 0.5) is 27.8 Å². The maximum Gasteiger partial charge on any atom is 0.408 e. The van der Waals surface area contributed by atoms with Crippen LogP contribution < -0.4 is 10.6 Å². The van der Waals surface area contributed by atoms with Crippen LogP contribution in [-0.4, -0.2) is 82.0 Å². The van der Waals surface area contributed by atoms with E-state index in [2.05, 4.69) is 20.6 Å². The summed E-state index contributed by atoms with van der Waals surface area (Å²) >= 11 is 0.687. The average molecular weight is 578 g/mol. The third-order valence-corrected chi connectivity index (χ3v) is 7.83. The number of carbonyl (C=O) groups is 2. The SMILES string of the molecule is CCC(Nc1cc(C(F)F)c(-c2sc(C(=O)N[C@H]3COC[C@@H]3O)nc2C(=O)N2CCC[C@@H]2C)cn1)C(F)(F)F. The fraction of sp³-hybridized carbons (Fsp3) is 0.583. The van der Waals surface area contributed by atoms with Crippen molar-refractivity contribution in [1.29, 1.82) is 0 Å². The first-order valence-electron chi connectivity index (χ1n) is 12.4. The number of rotatable bonds is 8. The molecule has 2 aliphatic heterocycles. The van der Waals surface area contributed by atoms with Gasteiger partial charge in [-0.25, -0.2) is 18.7 Å². The second-order valence-corrected chi connectivity index (χ2v) is 10.5. The van der Waals surface area contributed by atoms with Crippen LogP contribution in [0.25, 0.3) is 10.4 Å². The molecule has 214 valence electrons. The molecule has 1 unspecified atom stereocenters. The lowest BCUT2D eigenvalue weighted by Crippen LogP contribution is -2.42. The number of aliphatic hydroxyl groups is 1. The number of alkyl halides is 5. The predicted octanol–water partition coefficient (Wildman–Crippen LogP) is 4.01. The Morgan fingerprint density at radius 1 is 1.31 bits per heavy atom. The van der Waals surface area contributed by atoms with Crippen LogP contribution in [0.3, 0.4) is 0 Å². The van der Waals surface area contributed by atoms with E-state index < -0.39 is 54.0 Å². The van der Waals surface area contributed by atoms with Crippen molar-refractivity contribution in [2.75, 3.05) is 25.1 Å². The van der Waals surface area contributed by atoms with Gasteiger partial charge < -0.3 is 25.4 Å². The average Bonchev–Trinajstić information content (AvgIpc) is 3.61. The summed E-state index contributed by atoms with van der Waals surface area (Å²) in [4.78, 5) is 36.0. The second kappa shape index (κ2) is 11.7. The van der Waals surface area contributed by atoms with Crippen molar-refractivity contribution >= 4 is 29.0 Å². The van der Waals surface area contributed by atoms with E-state index in [1.807, 2.05) is 6.92 Å². The van der Waals surface area contributed by atoms with Gasteiger partial charge in [-0.3, -0.25) is 9.59 Å². The summed E-state index contributed by atoms with van der Waals surface area (Å²) in [5, 5.41) is 14.5. The molecule has 15 heteroatoms. The van der Waals surface area contributed by atoms with Crippen LogP contribution in [0.2, 0.25) is 0 Å². The molecule has 0 saturated carbocycles. The quantitative estimate of drug-likeness (QED) is 0.406. The Morgan fingerprint density at radius 2 is 2.05 bits per heavy atom. The molecule has 4 rings (SSSR count). The molecule has 2 saturated heterocycles. The van der Waals surface area contributed by atoms with Gasteiger partial charge in [0.25, 0.3) is 18.2 Å². The molecule has 3 N–H and O–H groups in total. The zero-order chi connectivity index (χ0) is 28.5. The van der Waals surface area contributed by atoms with E-state index in [-0.39, 0.29) is 46.8 Å². The van der Waals surface area contributed by atoms with E-state index >= 15 is 0 Å². The van der Waals surface area contributed by atoms with Gasteiger partial charge in [-0.1, -0.05) is 6.92 Å². The minimum atomic E-state index is -4.62. The minimum absolute atomic E-state index is 0.0294. The van der Waals surface area contributed by atoms with Crippen molar-refractivity contribution < 1.29 is 41.4 Å². The number of anilines is 1. The summed E-state index contributed by atoms with van der Waals surface area (Å²) in [6.07, 6.45) is -6.61. The number of ether oxygens (including phenoxy) is 1. The molecule has 4 heterocycles. The maximum atomic E-state index is 14.2. The first-order valence-corrected chi connectivity index (χ1v) is 13.2. The van der Waals surface area contributed by atoms with Crippen molar-refractivity contribution in [2.45, 2.75) is 69.9 Å². The van der Waals surface area contributed by atoms with Crippen molar-refractivity contribution in [3.05, 3.63) is 28.5 Å². The number of pyridine rings is 1. The Kier molecular flexibility index (Phi) is 8.71. The standard InChI is InChI=1S/C24H28F5N5O4S/c1-3-16(24(27,28)29)32-17-7-12(20(25)26)13(8-30-17)19-18(23(37)34-6-4-5-11(34)2)33-22(39-19)21(36)31-14-9-38-10-15(14)35/h7-8,11,14-16,20,35H,3-6,9-10H2,1-2H3,(H,30,32)(H,31,36)/t11-,14-,15-,16?/m0/s1. The summed E-state index contributed by atoms with van der Waals surface area (Å²) in [5.74, 6) is -1.69. The summed E-state index contributed by atoms with van der Waals surface area (Å²) in [7, 11) is 0. The van der Waals surface area contributed by atoms with Crippen LogP contribution in [0, 0.1) is 0 Å². The molecular formula is C24H28F5N5O4S. The van der Waals surface area contributed by atoms with Crippen molar-refractivity contribution in [3.8, 4) is 10.4 Å². The zero-order valence-electron chi connectivity index (χ0n) is 21.1. The number of hydrogen-bond donors (Lipinski definition) is 3. The fourth-order valence-corrected chi connectivity index (χ4v) is 5.53. The fourth-order valence-electron chi connectivity index (χ4n) is 4.54. The molecule has 2 aromatic heterocycles. The van der Waals surface area contributed by atoms with Gasteiger partial charge in [0, 0.05) is 29.9 Å². The molecule has 9 nitrogen and oxygen atoms in total. The number of aromatic nitrogens is 2. The lowest BCUT2D eigenvalue weighted by Gasteiger charge is -2.22. The summed E-state index contributed by atoms with van der Waals surface area (Å²) in [6, 6.07) is -2.04. The topological polar surface area (TPSA) is 117 Å². The molecule has 2 amide bonds. The Morgan fingerprint density at radius 3 is 2.62 bits per heavy atom. The number of thiazole rings is 1. The van der Waals surface area contributed by atoms with Gasteiger partial charge in [0.05, 0.1) is 30.2 Å². The largest absolute Gasteiger partial charge is 0.408 e. The highest BCUT2D eigenvalue weighted by atomic mass is 32.1. The molecule has 4 atom stereocenters. The summed E-state index contributed by atoms with van der Waals surface area (Å²) in [6.45, 7) is 3.64. The molecule has 39 heavy (non-hydrogen) atoms. The minimum Gasteiger partial charge on any atom is -0.388 e. The number of likely N-dealkylation sites (tertiary alicyclic amines) is 1. The lowest BCUT2D eigenvalue weighted by molar-refractivity contribution is -0.142. The third-order valence-electron chi connectivity index (χ3n) is 6.75. The number of carbonyl (C=O) groups excluding carboxylic acids is 2. The van der Waals surface area contributed by atoms with E-state index in [0.717, 1.165) is 25.1 Å². The molecule has 0 radical (unpaired) electrons. The smallest absolute Gasteiger partial charge is 0.388 e. The Labute approximate surface area is 224 Å². The number of nitrogens with zero attached hydrogens (tertiary/aromatic N) is 3. The third kappa shape index (κ3) is 6.30. The first kappa shape index (κ1) is 29.1. The molecule has 0 bridgehead atoms. The Hall–Kier alpha value is -2.91. The normalized spacial score (nSPS) is 22.4. The summed E-state index contributed by atoms with van der Waals surface area (Å²) < 4.78 is 73.2. The number of amides is 2. The van der Waals surface area contributed by atoms with E-state index in [1.165, 1.54) is 11.8 Å². The zero-order valence-corrected chi connectivity index (χ0v) is 21.9. The molecule has 2 aromatic rings. The molecule has 0 aliphatic carbocycles. The van der Waals surface area contributed by atoms with Gasteiger partial charge >= 0.3 is 6.18 Å². The first-order chi connectivity index (χ1) is 18.4. The van der Waals surface area contributed by atoms with Crippen LogP contribution in [0.5, 0.6) is 0 Å². The van der Waals surface area contributed by atoms with Crippen LogP contribution >= 0.6 is 11.3 Å². The highest BCUT2D eigenvalue weighted by Gasteiger charge is 2.39. The summed E-state index contributed by atoms with van der Waals surface area (Å²) in [5.41, 5.74) is -1.11. The molecule has 2 fully saturated rings. The molecule has 2 aliphatic rings. The Bertz CT molecular complexity index is 1210. The van der Waals surface area contributed by atoms with Gasteiger partial charge in [-0.2, -0.15) is 13.2 Å². The highest BCUT2D eigenvalue weighted by molar-refractivity contribution is 7.17. The van der Waals surface area contributed by atoms with Gasteiger partial charge in [0.15, 0.2) is 5.01 Å². The molecular weight excluding hydrogens is 549 g/mol. The highest BCUT2D eigenvalue weighted by Crippen LogP contribution is 2.39. The van der Waals surface area contributed by atoms with Crippen molar-refractivity contribution in [2.24, 2.45) is 0 Å². The van der Waals surface area contributed by atoms with Crippen LogP contribution in [0.1, 0.15) is 65.4 Å². The number of nitrogens with one attached hydrogen (secondary N) is 2. The van der Waals surface area contributed by atoms with Crippen LogP contribution in [0.15, 0.2) is 12.3 Å². The predicted molar refractivity (Wildman–Crippen MR) is 132 cm³/mol. The number of hydrogen-bond acceptors (Lipinski definition) is 8. The van der Waals surface area contributed by atoms with Gasteiger partial charge in [0.1, 0.15) is 17.6 Å².